The normalized spacial score (nSPS) is 10.2. The predicted molar refractivity (Wildman–Crippen MR) is 71.1 cm³/mol. The lowest BCUT2D eigenvalue weighted by molar-refractivity contribution is -0.386. The van der Waals surface area contributed by atoms with Gasteiger partial charge in [0.05, 0.1) is 12.0 Å². The average molecular weight is 295 g/mol. The Bertz CT molecular complexity index is 680. The molecule has 0 aliphatic carbocycles. The van der Waals surface area contributed by atoms with Crippen LogP contribution in [0.3, 0.4) is 0 Å². The molecule has 0 amide bonds. The third kappa shape index (κ3) is 3.41. The van der Waals surface area contributed by atoms with E-state index in [-0.39, 0.29) is 12.2 Å². The van der Waals surface area contributed by atoms with Gasteiger partial charge in [0.25, 0.3) is 0 Å². The molecule has 0 bridgehead atoms. The minimum atomic E-state index is -1.23. The molecule has 2 aromatic rings. The van der Waals surface area contributed by atoms with Gasteiger partial charge in [-0.25, -0.2) is 9.37 Å². The highest BCUT2D eigenvalue weighted by Gasteiger charge is 2.21. The van der Waals surface area contributed by atoms with Crippen LogP contribution in [0, 0.1) is 21.7 Å². The number of methoxy groups -OCH3 is 1. The molecule has 110 valence electrons. The third-order valence-corrected chi connectivity index (χ3v) is 2.70. The molecule has 0 saturated heterocycles. The number of halogens is 2. The van der Waals surface area contributed by atoms with Crippen LogP contribution in [0.5, 0.6) is 5.88 Å². The highest BCUT2D eigenvalue weighted by Crippen LogP contribution is 2.29. The first kappa shape index (κ1) is 14.6. The Morgan fingerprint density at radius 2 is 2.14 bits per heavy atom. The van der Waals surface area contributed by atoms with Crippen LogP contribution < -0.4 is 10.1 Å². The first-order valence-corrected chi connectivity index (χ1v) is 5.87. The summed E-state index contributed by atoms with van der Waals surface area (Å²) in [5, 5.41) is 13.5. The molecule has 0 aliphatic heterocycles. The number of ether oxygens (including phenoxy) is 1. The standard InChI is InChI=1S/C13H11F2N3O3/c1-21-12-4-8(2-3-16-12)7-17-11-6-9(14)5-10(15)13(11)18(19)20/h2-6,17H,7H2,1H3. The van der Waals surface area contributed by atoms with Crippen LogP contribution in [-0.4, -0.2) is 17.0 Å². The molecule has 0 unspecified atom stereocenters. The summed E-state index contributed by atoms with van der Waals surface area (Å²) in [4.78, 5) is 13.8. The van der Waals surface area contributed by atoms with E-state index >= 15 is 0 Å². The summed E-state index contributed by atoms with van der Waals surface area (Å²) in [5.41, 5.74) is -0.327. The summed E-state index contributed by atoms with van der Waals surface area (Å²) < 4.78 is 31.6. The molecule has 0 aliphatic rings. The summed E-state index contributed by atoms with van der Waals surface area (Å²) in [5.74, 6) is -1.75. The van der Waals surface area contributed by atoms with Gasteiger partial charge in [0.15, 0.2) is 0 Å². The zero-order valence-corrected chi connectivity index (χ0v) is 11.0. The van der Waals surface area contributed by atoms with Crippen molar-refractivity contribution in [2.24, 2.45) is 0 Å². The van der Waals surface area contributed by atoms with Crippen molar-refractivity contribution in [2.45, 2.75) is 6.54 Å². The first-order valence-electron chi connectivity index (χ1n) is 5.87. The van der Waals surface area contributed by atoms with Crippen LogP contribution in [0.25, 0.3) is 0 Å². The Morgan fingerprint density at radius 3 is 2.81 bits per heavy atom. The van der Waals surface area contributed by atoms with Crippen molar-refractivity contribution in [3.63, 3.8) is 0 Å². The van der Waals surface area contributed by atoms with Crippen LogP contribution in [0.1, 0.15) is 5.56 Å². The maximum absolute atomic E-state index is 13.5. The second-order valence-electron chi connectivity index (χ2n) is 4.10. The third-order valence-electron chi connectivity index (χ3n) is 2.70. The number of nitro benzene ring substituents is 1. The van der Waals surface area contributed by atoms with Gasteiger partial charge in [0.2, 0.25) is 11.7 Å². The van der Waals surface area contributed by atoms with Crippen molar-refractivity contribution < 1.29 is 18.4 Å². The number of rotatable bonds is 5. The number of nitrogens with one attached hydrogen (secondary N) is 1. The van der Waals surface area contributed by atoms with Gasteiger partial charge in [-0.05, 0) is 11.6 Å². The second kappa shape index (κ2) is 6.12. The zero-order valence-electron chi connectivity index (χ0n) is 11.0. The van der Waals surface area contributed by atoms with Crippen LogP contribution in [0.4, 0.5) is 20.2 Å². The maximum atomic E-state index is 13.5. The quantitative estimate of drug-likeness (QED) is 0.678. The van der Waals surface area contributed by atoms with Crippen molar-refractivity contribution in [2.75, 3.05) is 12.4 Å². The second-order valence-corrected chi connectivity index (χ2v) is 4.10. The van der Waals surface area contributed by atoms with Crippen LogP contribution in [0.2, 0.25) is 0 Å². The van der Waals surface area contributed by atoms with Gasteiger partial charge < -0.3 is 10.1 Å². The van der Waals surface area contributed by atoms with Crippen molar-refractivity contribution in [3.05, 3.63) is 57.8 Å². The highest BCUT2D eigenvalue weighted by molar-refractivity contribution is 5.62. The lowest BCUT2D eigenvalue weighted by Gasteiger charge is -2.08. The minimum Gasteiger partial charge on any atom is -0.481 e. The van der Waals surface area contributed by atoms with Crippen molar-refractivity contribution in [1.29, 1.82) is 0 Å². The predicted octanol–water partition coefficient (Wildman–Crippen LogP) is 2.89. The minimum absolute atomic E-state index is 0.128. The van der Waals surface area contributed by atoms with E-state index in [1.54, 1.807) is 12.1 Å². The largest absolute Gasteiger partial charge is 0.481 e. The number of hydrogen-bond acceptors (Lipinski definition) is 5. The molecule has 1 heterocycles. The summed E-state index contributed by atoms with van der Waals surface area (Å²) in [6.45, 7) is 0.128. The summed E-state index contributed by atoms with van der Waals surface area (Å²) >= 11 is 0. The molecule has 0 spiro atoms. The van der Waals surface area contributed by atoms with Crippen LogP contribution in [0.15, 0.2) is 30.5 Å². The van der Waals surface area contributed by atoms with E-state index in [0.717, 1.165) is 6.07 Å². The molecular weight excluding hydrogens is 284 g/mol. The summed E-state index contributed by atoms with van der Waals surface area (Å²) in [7, 11) is 1.45. The van der Waals surface area contributed by atoms with Gasteiger partial charge in [-0.15, -0.1) is 0 Å². The molecule has 2 rings (SSSR count). The maximum Gasteiger partial charge on any atom is 0.327 e. The average Bonchev–Trinajstić information content (AvgIpc) is 2.44. The Hall–Kier alpha value is -2.77. The number of hydrogen-bond donors (Lipinski definition) is 1. The number of aromatic nitrogens is 1. The fraction of sp³-hybridized carbons (Fsp3) is 0.154. The van der Waals surface area contributed by atoms with Gasteiger partial charge in [-0.1, -0.05) is 0 Å². The topological polar surface area (TPSA) is 77.3 Å². The zero-order chi connectivity index (χ0) is 15.4. The Morgan fingerprint density at radius 1 is 1.38 bits per heavy atom. The molecule has 21 heavy (non-hydrogen) atoms. The fourth-order valence-corrected chi connectivity index (χ4v) is 1.76. The molecular formula is C13H11F2N3O3. The molecule has 8 heteroatoms. The fourth-order valence-electron chi connectivity index (χ4n) is 1.76. The smallest absolute Gasteiger partial charge is 0.327 e. The summed E-state index contributed by atoms with van der Waals surface area (Å²) in [6, 6.07) is 4.60. The number of nitrogens with zero attached hydrogens (tertiary/aromatic N) is 2. The van der Waals surface area contributed by atoms with Crippen LogP contribution >= 0.6 is 0 Å². The van der Waals surface area contributed by atoms with E-state index in [0.29, 0.717) is 17.5 Å². The van der Waals surface area contributed by atoms with Gasteiger partial charge in [-0.2, -0.15) is 4.39 Å². The Balaban J connectivity index is 2.25. The van der Waals surface area contributed by atoms with E-state index in [2.05, 4.69) is 10.3 Å². The number of nitro groups is 1. The van der Waals surface area contributed by atoms with E-state index in [4.69, 9.17) is 4.74 Å². The van der Waals surface area contributed by atoms with Gasteiger partial charge in [-0.3, -0.25) is 10.1 Å². The molecule has 0 atom stereocenters. The van der Waals surface area contributed by atoms with Gasteiger partial charge in [0.1, 0.15) is 11.5 Å². The molecule has 0 fully saturated rings. The van der Waals surface area contributed by atoms with Crippen molar-refractivity contribution >= 4 is 11.4 Å². The van der Waals surface area contributed by atoms with Gasteiger partial charge >= 0.3 is 5.69 Å². The van der Waals surface area contributed by atoms with E-state index in [1.807, 2.05) is 0 Å². The molecule has 0 saturated carbocycles. The van der Waals surface area contributed by atoms with Crippen molar-refractivity contribution in [3.8, 4) is 5.88 Å². The lowest BCUT2D eigenvalue weighted by Crippen LogP contribution is -2.05. The van der Waals surface area contributed by atoms with Crippen molar-refractivity contribution in [1.82, 2.24) is 4.98 Å². The highest BCUT2D eigenvalue weighted by atomic mass is 19.1. The monoisotopic (exact) mass is 295 g/mol. The number of anilines is 1. The lowest BCUT2D eigenvalue weighted by atomic mass is 10.2. The summed E-state index contributed by atoms with van der Waals surface area (Å²) in [6.07, 6.45) is 1.50. The van der Waals surface area contributed by atoms with E-state index < -0.39 is 22.2 Å². The molecule has 6 nitrogen and oxygen atoms in total. The molecule has 1 N–H and O–H groups in total. The van der Waals surface area contributed by atoms with Gasteiger partial charge in [0, 0.05) is 30.9 Å². The molecule has 0 radical (unpaired) electrons. The molecule has 1 aromatic heterocycles. The SMILES string of the molecule is COc1cc(CNc2cc(F)cc(F)c2[N+](=O)[O-])ccn1. The van der Waals surface area contributed by atoms with Crippen LogP contribution in [-0.2, 0) is 6.54 Å². The molecule has 1 aromatic carbocycles. The number of pyridine rings is 1. The Labute approximate surface area is 118 Å². The first-order chi connectivity index (χ1) is 10.0. The van der Waals surface area contributed by atoms with E-state index in [9.17, 15) is 18.9 Å². The number of benzene rings is 1. The van der Waals surface area contributed by atoms with E-state index in [1.165, 1.54) is 13.3 Å². The Kier molecular flexibility index (Phi) is 4.27.